The number of hydrogen-bond acceptors (Lipinski definition) is 3. The maximum atomic E-state index is 5.03. The average molecular weight is 751 g/mol. The van der Waals surface area contributed by atoms with Gasteiger partial charge in [-0.1, -0.05) is 170 Å². The lowest BCUT2D eigenvalue weighted by Gasteiger charge is -2.13. The largest absolute Gasteiger partial charge is 0.309 e. The molecule has 4 nitrogen and oxygen atoms in total. The molecule has 0 N–H and O–H groups in total. The van der Waals surface area contributed by atoms with Crippen LogP contribution in [0.2, 0.25) is 0 Å². The fourth-order valence-electron chi connectivity index (χ4n) is 9.07. The highest BCUT2D eigenvalue weighted by Gasteiger charge is 2.22. The summed E-state index contributed by atoms with van der Waals surface area (Å²) in [5, 5.41) is 10.3. The molecule has 10 aromatic carbocycles. The summed E-state index contributed by atoms with van der Waals surface area (Å²) >= 11 is 0. The zero-order valence-electron chi connectivity index (χ0n) is 31.9. The summed E-state index contributed by atoms with van der Waals surface area (Å²) in [6, 6.07) is 73.5. The van der Waals surface area contributed by atoms with Crippen molar-refractivity contribution in [1.29, 1.82) is 0 Å². The molecule has 274 valence electrons. The highest BCUT2D eigenvalue weighted by Crippen LogP contribution is 2.47. The Morgan fingerprint density at radius 3 is 1.54 bits per heavy atom. The van der Waals surface area contributed by atoms with Gasteiger partial charge < -0.3 is 4.57 Å². The minimum absolute atomic E-state index is 0.636. The number of hydrogen-bond donors (Lipinski definition) is 0. The fourth-order valence-corrected chi connectivity index (χ4v) is 9.07. The van der Waals surface area contributed by atoms with Gasteiger partial charge in [0.2, 0.25) is 0 Å². The average Bonchev–Trinajstić information content (AvgIpc) is 3.66. The van der Waals surface area contributed by atoms with Crippen LogP contribution in [0.4, 0.5) is 0 Å². The van der Waals surface area contributed by atoms with Gasteiger partial charge >= 0.3 is 0 Å². The Morgan fingerprint density at radius 2 is 0.814 bits per heavy atom. The molecule has 0 aliphatic rings. The van der Waals surface area contributed by atoms with E-state index >= 15 is 0 Å². The number of rotatable bonds is 6. The maximum absolute atomic E-state index is 5.03. The van der Waals surface area contributed by atoms with Crippen molar-refractivity contribution in [3.8, 4) is 62.1 Å². The Morgan fingerprint density at radius 1 is 0.271 bits per heavy atom. The third-order valence-electron chi connectivity index (χ3n) is 11.7. The van der Waals surface area contributed by atoms with Crippen molar-refractivity contribution >= 4 is 54.1 Å². The number of benzene rings is 10. The van der Waals surface area contributed by atoms with Crippen LogP contribution in [0.1, 0.15) is 0 Å². The molecule has 0 saturated heterocycles. The highest BCUT2D eigenvalue weighted by atomic mass is 15.0. The quantitative estimate of drug-likeness (QED) is 0.159. The van der Waals surface area contributed by atoms with E-state index < -0.39 is 0 Å². The van der Waals surface area contributed by atoms with Crippen LogP contribution in [-0.4, -0.2) is 19.5 Å². The highest BCUT2D eigenvalue weighted by molar-refractivity contribution is 6.38. The van der Waals surface area contributed by atoms with Crippen molar-refractivity contribution in [3.05, 3.63) is 206 Å². The molecule has 0 atom stereocenters. The van der Waals surface area contributed by atoms with Crippen molar-refractivity contribution < 1.29 is 0 Å². The first-order chi connectivity index (χ1) is 29.2. The molecule has 2 heterocycles. The Balaban J connectivity index is 1.06. The Bertz CT molecular complexity index is 3480. The first-order valence-electron chi connectivity index (χ1n) is 20.0. The van der Waals surface area contributed by atoms with Crippen LogP contribution >= 0.6 is 0 Å². The SMILES string of the molecule is c1ccc(-c2cc3c4ccc5ccccc5c4c4cccc5c4c3c(c2)n5-c2cccc(-c3cccc(-c4nc(-c5ccccc5)nc(-c5ccccc5)n4)c3)c2)cc1. The molecular formula is C55H34N4. The lowest BCUT2D eigenvalue weighted by molar-refractivity contribution is 1.07. The molecule has 2 aromatic heterocycles. The van der Waals surface area contributed by atoms with Crippen molar-refractivity contribution in [2.75, 3.05) is 0 Å². The van der Waals surface area contributed by atoms with E-state index in [0.29, 0.717) is 17.5 Å². The molecule has 0 unspecified atom stereocenters. The second kappa shape index (κ2) is 13.3. The third-order valence-corrected chi connectivity index (χ3v) is 11.7. The Kier molecular flexibility index (Phi) is 7.50. The molecule has 0 aliphatic heterocycles. The first kappa shape index (κ1) is 33.2. The van der Waals surface area contributed by atoms with E-state index in [0.717, 1.165) is 33.5 Å². The lowest BCUT2D eigenvalue weighted by Crippen LogP contribution is -2.00. The predicted octanol–water partition coefficient (Wildman–Crippen LogP) is 14.2. The van der Waals surface area contributed by atoms with Gasteiger partial charge in [-0.2, -0.15) is 0 Å². The molecule has 0 amide bonds. The maximum Gasteiger partial charge on any atom is 0.164 e. The molecule has 0 radical (unpaired) electrons. The van der Waals surface area contributed by atoms with E-state index in [1.807, 2.05) is 60.7 Å². The van der Waals surface area contributed by atoms with Crippen LogP contribution < -0.4 is 0 Å². The van der Waals surface area contributed by atoms with Gasteiger partial charge in [-0.25, -0.2) is 15.0 Å². The summed E-state index contributed by atoms with van der Waals surface area (Å²) in [6.07, 6.45) is 0. The molecule has 12 rings (SSSR count). The normalized spacial score (nSPS) is 11.7. The summed E-state index contributed by atoms with van der Waals surface area (Å²) in [4.78, 5) is 15.0. The lowest BCUT2D eigenvalue weighted by atomic mass is 9.89. The second-order valence-electron chi connectivity index (χ2n) is 15.2. The molecule has 0 saturated carbocycles. The van der Waals surface area contributed by atoms with E-state index in [2.05, 4.69) is 150 Å². The van der Waals surface area contributed by atoms with Crippen LogP contribution in [0.5, 0.6) is 0 Å². The zero-order valence-corrected chi connectivity index (χ0v) is 31.9. The van der Waals surface area contributed by atoms with E-state index in [-0.39, 0.29) is 0 Å². The van der Waals surface area contributed by atoms with Gasteiger partial charge in [0.1, 0.15) is 0 Å². The molecule has 0 fully saturated rings. The van der Waals surface area contributed by atoms with Gasteiger partial charge in [0.05, 0.1) is 11.0 Å². The van der Waals surface area contributed by atoms with Crippen LogP contribution in [-0.2, 0) is 0 Å². The molecule has 12 aromatic rings. The van der Waals surface area contributed by atoms with Crippen LogP contribution in [0.15, 0.2) is 206 Å². The summed E-state index contributed by atoms with van der Waals surface area (Å²) in [7, 11) is 0. The molecular weight excluding hydrogens is 717 g/mol. The van der Waals surface area contributed by atoms with Gasteiger partial charge in [0.25, 0.3) is 0 Å². The number of aromatic nitrogens is 4. The van der Waals surface area contributed by atoms with Gasteiger partial charge in [-0.3, -0.25) is 0 Å². The van der Waals surface area contributed by atoms with E-state index in [4.69, 9.17) is 15.0 Å². The fraction of sp³-hybridized carbons (Fsp3) is 0. The van der Waals surface area contributed by atoms with Crippen LogP contribution in [0, 0.1) is 0 Å². The summed E-state index contributed by atoms with van der Waals surface area (Å²) in [5.41, 5.74) is 10.9. The zero-order chi connectivity index (χ0) is 38.9. The van der Waals surface area contributed by atoms with Crippen LogP contribution in [0.3, 0.4) is 0 Å². The van der Waals surface area contributed by atoms with Crippen molar-refractivity contribution in [1.82, 2.24) is 19.5 Å². The van der Waals surface area contributed by atoms with E-state index in [1.165, 1.54) is 65.3 Å². The summed E-state index contributed by atoms with van der Waals surface area (Å²) in [6.45, 7) is 0. The third kappa shape index (κ3) is 5.42. The molecule has 59 heavy (non-hydrogen) atoms. The van der Waals surface area contributed by atoms with E-state index in [9.17, 15) is 0 Å². The molecule has 4 heteroatoms. The Hall–Kier alpha value is -7.95. The number of fused-ring (bicyclic) bond motifs is 5. The molecule has 0 bridgehead atoms. The number of nitrogens with zero attached hydrogens (tertiary/aromatic N) is 4. The monoisotopic (exact) mass is 750 g/mol. The van der Waals surface area contributed by atoms with Gasteiger partial charge in [0, 0.05) is 33.2 Å². The molecule has 0 spiro atoms. The standard InChI is InChI=1S/C55H34N4/c1-4-15-35(16-5-1)42-33-47-45-30-29-36-17-10-11-26-44(36)50(45)46-27-14-28-48-51(46)52(47)49(34-42)59(48)43-25-13-23-40(32-43)39-22-12-24-41(31-39)55-57-53(37-18-6-2-7-19-37)56-54(58-55)38-20-8-3-9-21-38/h1-34H. The van der Waals surface area contributed by atoms with Crippen LogP contribution in [0.25, 0.3) is 116 Å². The van der Waals surface area contributed by atoms with Gasteiger partial charge in [0.15, 0.2) is 17.5 Å². The van der Waals surface area contributed by atoms with Gasteiger partial charge in [-0.05, 0) is 91.0 Å². The Labute approximate surface area is 340 Å². The minimum atomic E-state index is 0.636. The first-order valence-corrected chi connectivity index (χ1v) is 20.0. The smallest absolute Gasteiger partial charge is 0.164 e. The predicted molar refractivity (Wildman–Crippen MR) is 245 cm³/mol. The molecule has 0 aliphatic carbocycles. The second-order valence-corrected chi connectivity index (χ2v) is 15.2. The van der Waals surface area contributed by atoms with Crippen molar-refractivity contribution in [2.45, 2.75) is 0 Å². The van der Waals surface area contributed by atoms with Gasteiger partial charge in [-0.15, -0.1) is 0 Å². The van der Waals surface area contributed by atoms with Crippen molar-refractivity contribution in [2.24, 2.45) is 0 Å². The van der Waals surface area contributed by atoms with E-state index in [1.54, 1.807) is 0 Å². The minimum Gasteiger partial charge on any atom is -0.309 e. The summed E-state index contributed by atoms with van der Waals surface area (Å²) < 4.78 is 2.47. The summed E-state index contributed by atoms with van der Waals surface area (Å²) in [5.74, 6) is 1.93. The topological polar surface area (TPSA) is 43.6 Å². The van der Waals surface area contributed by atoms with Crippen molar-refractivity contribution in [3.63, 3.8) is 0 Å².